The molecule has 0 atom stereocenters. The summed E-state index contributed by atoms with van der Waals surface area (Å²) in [5, 5.41) is 10.9. The van der Waals surface area contributed by atoms with Crippen molar-refractivity contribution < 1.29 is 24.0 Å². The third-order valence-electron chi connectivity index (χ3n) is 4.53. The van der Waals surface area contributed by atoms with E-state index in [0.717, 1.165) is 16.5 Å². The van der Waals surface area contributed by atoms with Crippen molar-refractivity contribution in [3.05, 3.63) is 63.2 Å². The van der Waals surface area contributed by atoms with Crippen molar-refractivity contribution in [2.75, 3.05) is 27.4 Å². The molecule has 0 radical (unpaired) electrons. The Morgan fingerprint density at radius 1 is 1.07 bits per heavy atom. The van der Waals surface area contributed by atoms with Gasteiger partial charge in [0.25, 0.3) is 17.5 Å². The van der Waals surface area contributed by atoms with Crippen LogP contribution in [0.4, 0.5) is 5.69 Å². The highest BCUT2D eigenvalue weighted by Crippen LogP contribution is 2.29. The van der Waals surface area contributed by atoms with Crippen LogP contribution in [-0.4, -0.2) is 54.0 Å². The number of imide groups is 1. The lowest BCUT2D eigenvalue weighted by atomic mass is 10.1. The third kappa shape index (κ3) is 4.04. The maximum atomic E-state index is 12.6. The summed E-state index contributed by atoms with van der Waals surface area (Å²) in [4.78, 5) is 38.4. The van der Waals surface area contributed by atoms with Gasteiger partial charge in [-0.1, -0.05) is 6.07 Å². The highest BCUT2D eigenvalue weighted by molar-refractivity contribution is 6.21. The predicted molar refractivity (Wildman–Crippen MR) is 104 cm³/mol. The van der Waals surface area contributed by atoms with Crippen LogP contribution in [-0.2, 0) is 6.54 Å². The van der Waals surface area contributed by atoms with Crippen LogP contribution in [0.1, 0.15) is 33.2 Å². The molecule has 9 nitrogen and oxygen atoms in total. The molecule has 152 valence electrons. The molecule has 29 heavy (non-hydrogen) atoms. The zero-order valence-electron chi connectivity index (χ0n) is 16.4. The molecule has 1 aliphatic heterocycles. The monoisotopic (exact) mass is 399 g/mol. The summed E-state index contributed by atoms with van der Waals surface area (Å²) >= 11 is 0. The summed E-state index contributed by atoms with van der Waals surface area (Å²) in [7, 11) is 3.33. The molecule has 9 heteroatoms. The largest absolute Gasteiger partial charge is 0.493 e. The Balaban J connectivity index is 1.72. The number of carbonyl (C=O) groups is 2. The van der Waals surface area contributed by atoms with E-state index in [9.17, 15) is 19.7 Å². The highest BCUT2D eigenvalue weighted by atomic mass is 16.6. The summed E-state index contributed by atoms with van der Waals surface area (Å²) in [5.74, 6) is 0.245. The average molecular weight is 399 g/mol. The number of benzene rings is 2. The van der Waals surface area contributed by atoms with Crippen LogP contribution in [0.15, 0.2) is 36.4 Å². The molecule has 0 spiro atoms. The normalized spacial score (nSPS) is 13.0. The summed E-state index contributed by atoms with van der Waals surface area (Å²) in [5.41, 5.74) is 0.929. The van der Waals surface area contributed by atoms with Gasteiger partial charge in [0.2, 0.25) is 0 Å². The molecule has 0 saturated carbocycles. The maximum Gasteiger partial charge on any atom is 0.270 e. The van der Waals surface area contributed by atoms with Crippen molar-refractivity contribution in [3.8, 4) is 11.5 Å². The quantitative estimate of drug-likeness (QED) is 0.382. The Kier molecular flexibility index (Phi) is 5.79. The smallest absolute Gasteiger partial charge is 0.270 e. The zero-order chi connectivity index (χ0) is 21.1. The minimum Gasteiger partial charge on any atom is -0.493 e. The molecule has 2 amide bonds. The van der Waals surface area contributed by atoms with Crippen LogP contribution in [0.2, 0.25) is 0 Å². The molecule has 0 fully saturated rings. The van der Waals surface area contributed by atoms with Crippen LogP contribution in [0.3, 0.4) is 0 Å². The van der Waals surface area contributed by atoms with Gasteiger partial charge in [0, 0.05) is 18.7 Å². The lowest BCUT2D eigenvalue weighted by molar-refractivity contribution is -0.384. The van der Waals surface area contributed by atoms with Gasteiger partial charge in [-0.25, -0.2) is 0 Å². The van der Waals surface area contributed by atoms with E-state index in [-0.39, 0.29) is 23.5 Å². The first-order chi connectivity index (χ1) is 13.8. The molecular weight excluding hydrogens is 378 g/mol. The molecule has 0 bridgehead atoms. The fraction of sp³-hybridized carbons (Fsp3) is 0.300. The molecular formula is C20H21N3O6. The summed E-state index contributed by atoms with van der Waals surface area (Å²) in [6.45, 7) is 2.91. The zero-order valence-corrected chi connectivity index (χ0v) is 16.4. The van der Waals surface area contributed by atoms with E-state index in [1.165, 1.54) is 12.1 Å². The van der Waals surface area contributed by atoms with Gasteiger partial charge < -0.3 is 9.47 Å². The van der Waals surface area contributed by atoms with Crippen LogP contribution in [0.25, 0.3) is 0 Å². The van der Waals surface area contributed by atoms with Gasteiger partial charge in [0.1, 0.15) is 0 Å². The summed E-state index contributed by atoms with van der Waals surface area (Å²) in [6.07, 6.45) is 0. The van der Waals surface area contributed by atoms with Crippen molar-refractivity contribution in [1.29, 1.82) is 0 Å². The number of carbonyl (C=O) groups excluding carboxylic acids is 2. The lowest BCUT2D eigenvalue weighted by Gasteiger charge is -2.23. The fourth-order valence-electron chi connectivity index (χ4n) is 3.21. The topological polar surface area (TPSA) is 102 Å². The molecule has 2 aromatic rings. The Bertz CT molecular complexity index is 975. The number of hydrogen-bond donors (Lipinski definition) is 0. The molecule has 0 saturated heterocycles. The van der Waals surface area contributed by atoms with Gasteiger partial charge in [-0.15, -0.1) is 0 Å². The van der Waals surface area contributed by atoms with Crippen LogP contribution >= 0.6 is 0 Å². The molecule has 0 unspecified atom stereocenters. The van der Waals surface area contributed by atoms with E-state index in [0.29, 0.717) is 24.7 Å². The Hall–Kier alpha value is -3.46. The average Bonchev–Trinajstić information content (AvgIpc) is 2.93. The highest BCUT2D eigenvalue weighted by Gasteiger charge is 2.37. The number of nitro groups is 1. The van der Waals surface area contributed by atoms with E-state index in [1.807, 2.05) is 25.1 Å². The first-order valence-electron chi connectivity index (χ1n) is 8.98. The third-order valence-corrected chi connectivity index (χ3v) is 4.53. The second-order valence-electron chi connectivity index (χ2n) is 6.60. The van der Waals surface area contributed by atoms with Crippen LogP contribution in [0.5, 0.6) is 11.5 Å². The number of methoxy groups -OCH3 is 1. The predicted octanol–water partition coefficient (Wildman–Crippen LogP) is 2.69. The van der Waals surface area contributed by atoms with Gasteiger partial charge in [0.05, 0.1) is 36.4 Å². The van der Waals surface area contributed by atoms with Gasteiger partial charge in [-0.05, 0) is 37.7 Å². The molecule has 0 aliphatic carbocycles. The SMILES string of the molecule is CCOc1ccc(CN(C)CN2C(=O)c3ccc([N+](=O)[O-])cc3C2=O)cc1OC. The Morgan fingerprint density at radius 3 is 2.45 bits per heavy atom. The van der Waals surface area contributed by atoms with E-state index in [1.54, 1.807) is 19.1 Å². The van der Waals surface area contributed by atoms with E-state index in [4.69, 9.17) is 9.47 Å². The van der Waals surface area contributed by atoms with Gasteiger partial charge in [0.15, 0.2) is 11.5 Å². The number of hydrogen-bond acceptors (Lipinski definition) is 7. The second kappa shape index (κ2) is 8.27. The van der Waals surface area contributed by atoms with Crippen LogP contribution in [0, 0.1) is 10.1 Å². The van der Waals surface area contributed by atoms with Crippen molar-refractivity contribution in [2.24, 2.45) is 0 Å². The number of ether oxygens (including phenoxy) is 2. The number of fused-ring (bicyclic) bond motifs is 1. The molecule has 0 N–H and O–H groups in total. The number of rotatable bonds is 8. The van der Waals surface area contributed by atoms with E-state index in [2.05, 4.69) is 0 Å². The van der Waals surface area contributed by atoms with Gasteiger partial charge in [-0.3, -0.25) is 29.5 Å². The molecule has 1 heterocycles. The fourth-order valence-corrected chi connectivity index (χ4v) is 3.21. The van der Waals surface area contributed by atoms with Gasteiger partial charge >= 0.3 is 0 Å². The standard InChI is InChI=1S/C20H21N3O6/c1-4-29-17-8-5-13(9-18(17)28-3)11-21(2)12-22-19(24)15-7-6-14(23(26)27)10-16(15)20(22)25/h5-10H,4,11-12H2,1-3H3. The molecule has 2 aromatic carbocycles. The second-order valence-corrected chi connectivity index (χ2v) is 6.60. The minimum absolute atomic E-state index is 0.0513. The molecule has 3 rings (SSSR count). The first kappa shape index (κ1) is 20.3. The number of amides is 2. The van der Waals surface area contributed by atoms with Crippen molar-refractivity contribution in [2.45, 2.75) is 13.5 Å². The van der Waals surface area contributed by atoms with Crippen LogP contribution < -0.4 is 9.47 Å². The Labute approximate surface area is 167 Å². The van der Waals surface area contributed by atoms with E-state index < -0.39 is 16.7 Å². The minimum atomic E-state index is -0.591. The first-order valence-corrected chi connectivity index (χ1v) is 8.98. The van der Waals surface area contributed by atoms with Gasteiger partial charge in [-0.2, -0.15) is 0 Å². The number of nitro benzene ring substituents is 1. The summed E-state index contributed by atoms with van der Waals surface area (Å²) < 4.78 is 10.8. The van der Waals surface area contributed by atoms with Crippen molar-refractivity contribution in [1.82, 2.24) is 9.80 Å². The van der Waals surface area contributed by atoms with Crippen molar-refractivity contribution in [3.63, 3.8) is 0 Å². The Morgan fingerprint density at radius 2 is 1.79 bits per heavy atom. The molecule has 1 aliphatic rings. The molecule has 0 aromatic heterocycles. The van der Waals surface area contributed by atoms with E-state index >= 15 is 0 Å². The summed E-state index contributed by atoms with van der Waals surface area (Å²) in [6, 6.07) is 9.23. The maximum absolute atomic E-state index is 12.6. The number of non-ortho nitro benzene ring substituents is 1. The van der Waals surface area contributed by atoms with Crippen molar-refractivity contribution >= 4 is 17.5 Å². The number of nitrogens with zero attached hydrogens (tertiary/aromatic N) is 3. The lowest BCUT2D eigenvalue weighted by Crippen LogP contribution is -2.39.